The molecule has 4 nitrogen and oxygen atoms in total. The molecule has 0 fully saturated rings. The van der Waals surface area contributed by atoms with Gasteiger partial charge in [0.25, 0.3) is 0 Å². The highest BCUT2D eigenvalue weighted by molar-refractivity contribution is 14.1. The Morgan fingerprint density at radius 3 is 2.95 bits per heavy atom. The van der Waals surface area contributed by atoms with Gasteiger partial charge in [-0.25, -0.2) is 9.78 Å². The van der Waals surface area contributed by atoms with Crippen molar-refractivity contribution < 1.29 is 14.6 Å². The Morgan fingerprint density at radius 1 is 1.30 bits per heavy atom. The first kappa shape index (κ1) is 13.3. The Morgan fingerprint density at radius 2 is 2.15 bits per heavy atom. The summed E-state index contributed by atoms with van der Waals surface area (Å²) >= 11 is 3.71. The number of aromatic nitrogens is 1. The van der Waals surface area contributed by atoms with E-state index in [2.05, 4.69) is 27.6 Å². The smallest absolute Gasteiger partial charge is 0.335 e. The molecule has 0 saturated heterocycles. The van der Waals surface area contributed by atoms with Crippen molar-refractivity contribution in [3.05, 3.63) is 51.0 Å². The van der Waals surface area contributed by atoms with Crippen molar-refractivity contribution in [3.8, 4) is 11.6 Å². The van der Waals surface area contributed by atoms with Crippen LogP contribution in [0, 0.1) is 3.57 Å². The molecule has 2 aromatic heterocycles. The number of hydrogen-bond donors (Lipinski definition) is 1. The predicted octanol–water partition coefficient (Wildman–Crippen LogP) is 4.39. The highest BCUT2D eigenvalue weighted by Crippen LogP contribution is 2.33. The van der Waals surface area contributed by atoms with Crippen LogP contribution in [0.15, 0.2) is 41.9 Å². The Labute approximate surface area is 132 Å². The summed E-state index contributed by atoms with van der Waals surface area (Å²) in [7, 11) is 0. The highest BCUT2D eigenvalue weighted by atomic mass is 127. The van der Waals surface area contributed by atoms with Gasteiger partial charge in [0.1, 0.15) is 5.75 Å². The summed E-state index contributed by atoms with van der Waals surface area (Å²) in [5.74, 6) is 0.00820. The lowest BCUT2D eigenvalue weighted by Gasteiger charge is -2.08. The number of rotatable bonds is 3. The second kappa shape index (κ2) is 5.37. The van der Waals surface area contributed by atoms with E-state index < -0.39 is 5.97 Å². The van der Waals surface area contributed by atoms with Gasteiger partial charge in [-0.3, -0.25) is 0 Å². The van der Waals surface area contributed by atoms with Gasteiger partial charge in [0.15, 0.2) is 0 Å². The number of benzene rings is 1. The summed E-state index contributed by atoms with van der Waals surface area (Å²) in [6, 6.07) is 8.64. The molecule has 6 heteroatoms. The van der Waals surface area contributed by atoms with E-state index in [0.29, 0.717) is 11.6 Å². The van der Waals surface area contributed by atoms with Gasteiger partial charge in [-0.2, -0.15) is 0 Å². The maximum atomic E-state index is 11.0. The van der Waals surface area contributed by atoms with E-state index in [0.717, 1.165) is 13.7 Å². The van der Waals surface area contributed by atoms with Gasteiger partial charge < -0.3 is 9.84 Å². The molecule has 3 aromatic rings. The standard InChI is InChI=1S/C14H8INO3S/c15-10-2-1-8(14(17)18)7-11(10)19-13-9-4-6-20-12(9)3-5-16-13/h1-7H,(H,17,18). The van der Waals surface area contributed by atoms with Gasteiger partial charge in [-0.05, 0) is 58.3 Å². The number of hydrogen-bond acceptors (Lipinski definition) is 4. The lowest BCUT2D eigenvalue weighted by Crippen LogP contribution is -1.98. The molecule has 20 heavy (non-hydrogen) atoms. The zero-order valence-corrected chi connectivity index (χ0v) is 13.0. The lowest BCUT2D eigenvalue weighted by atomic mass is 10.2. The molecule has 2 heterocycles. The Balaban J connectivity index is 2.04. The minimum atomic E-state index is -0.979. The SMILES string of the molecule is O=C(O)c1ccc(I)c(Oc2nccc3sccc23)c1. The molecule has 3 rings (SSSR count). The van der Waals surface area contributed by atoms with E-state index in [4.69, 9.17) is 9.84 Å². The molecule has 0 unspecified atom stereocenters. The zero-order chi connectivity index (χ0) is 14.1. The number of ether oxygens (including phenoxy) is 1. The van der Waals surface area contributed by atoms with Crippen LogP contribution in [0.4, 0.5) is 0 Å². The number of pyridine rings is 1. The number of carbonyl (C=O) groups is 1. The van der Waals surface area contributed by atoms with Crippen LogP contribution in [0.3, 0.4) is 0 Å². The first-order valence-corrected chi connectivity index (χ1v) is 7.64. The number of carboxylic acids is 1. The van der Waals surface area contributed by atoms with Crippen molar-refractivity contribution in [2.24, 2.45) is 0 Å². The van der Waals surface area contributed by atoms with Gasteiger partial charge in [-0.15, -0.1) is 11.3 Å². The van der Waals surface area contributed by atoms with Crippen molar-refractivity contribution in [1.29, 1.82) is 0 Å². The number of nitrogens with zero attached hydrogens (tertiary/aromatic N) is 1. The molecule has 1 aromatic carbocycles. The fourth-order valence-electron chi connectivity index (χ4n) is 1.77. The number of carboxylic acid groups (broad SMARTS) is 1. The van der Waals surface area contributed by atoms with E-state index in [1.165, 1.54) is 6.07 Å². The minimum Gasteiger partial charge on any atom is -0.478 e. The molecule has 0 radical (unpaired) electrons. The summed E-state index contributed by atoms with van der Waals surface area (Å²) < 4.78 is 7.71. The summed E-state index contributed by atoms with van der Waals surface area (Å²) in [4.78, 5) is 15.2. The van der Waals surface area contributed by atoms with Gasteiger partial charge in [0.2, 0.25) is 5.88 Å². The third-order valence-corrected chi connectivity index (χ3v) is 4.50. The Bertz CT molecular complexity index is 800. The van der Waals surface area contributed by atoms with Crippen molar-refractivity contribution in [1.82, 2.24) is 4.98 Å². The normalized spacial score (nSPS) is 10.7. The monoisotopic (exact) mass is 397 g/mol. The average Bonchev–Trinajstić information content (AvgIpc) is 2.90. The molecule has 1 N–H and O–H groups in total. The van der Waals surface area contributed by atoms with E-state index in [-0.39, 0.29) is 5.56 Å². The Hall–Kier alpha value is -1.67. The van der Waals surface area contributed by atoms with Crippen LogP contribution in [-0.2, 0) is 0 Å². The number of aromatic carboxylic acids is 1. The molecule has 0 aliphatic heterocycles. The Kier molecular flexibility index (Phi) is 3.58. The second-order valence-electron chi connectivity index (χ2n) is 4.00. The molecule has 100 valence electrons. The molecule has 0 atom stereocenters. The molecule has 0 amide bonds. The van der Waals surface area contributed by atoms with E-state index in [1.807, 2.05) is 17.5 Å². The van der Waals surface area contributed by atoms with Gasteiger partial charge >= 0.3 is 5.97 Å². The minimum absolute atomic E-state index is 0.193. The summed E-state index contributed by atoms with van der Waals surface area (Å²) in [6.07, 6.45) is 1.68. The molecular formula is C14H8INO3S. The van der Waals surface area contributed by atoms with E-state index in [9.17, 15) is 4.79 Å². The van der Waals surface area contributed by atoms with Gasteiger partial charge in [0.05, 0.1) is 14.5 Å². The first-order chi connectivity index (χ1) is 9.65. The fourth-order valence-corrected chi connectivity index (χ4v) is 2.99. The zero-order valence-electron chi connectivity index (χ0n) is 10.0. The maximum absolute atomic E-state index is 11.0. The molecule has 0 bridgehead atoms. The number of thiophene rings is 1. The lowest BCUT2D eigenvalue weighted by molar-refractivity contribution is 0.0696. The van der Waals surface area contributed by atoms with Crippen LogP contribution in [0.2, 0.25) is 0 Å². The van der Waals surface area contributed by atoms with Crippen LogP contribution < -0.4 is 4.74 Å². The fraction of sp³-hybridized carbons (Fsp3) is 0. The maximum Gasteiger partial charge on any atom is 0.335 e. The highest BCUT2D eigenvalue weighted by Gasteiger charge is 2.11. The van der Waals surface area contributed by atoms with Crippen molar-refractivity contribution in [2.45, 2.75) is 0 Å². The summed E-state index contributed by atoms with van der Waals surface area (Å²) in [5, 5.41) is 11.9. The van der Waals surface area contributed by atoms with Crippen LogP contribution in [0.25, 0.3) is 10.1 Å². The average molecular weight is 397 g/mol. The van der Waals surface area contributed by atoms with Crippen LogP contribution in [0.5, 0.6) is 11.6 Å². The van der Waals surface area contributed by atoms with Crippen LogP contribution in [0.1, 0.15) is 10.4 Å². The molecular weight excluding hydrogens is 389 g/mol. The van der Waals surface area contributed by atoms with Crippen LogP contribution >= 0.6 is 33.9 Å². The largest absolute Gasteiger partial charge is 0.478 e. The van der Waals surface area contributed by atoms with Crippen molar-refractivity contribution in [2.75, 3.05) is 0 Å². The molecule has 0 aliphatic rings. The first-order valence-electron chi connectivity index (χ1n) is 5.68. The topological polar surface area (TPSA) is 59.4 Å². The molecule has 0 spiro atoms. The second-order valence-corrected chi connectivity index (χ2v) is 6.11. The summed E-state index contributed by atoms with van der Waals surface area (Å²) in [5.41, 5.74) is 0.193. The van der Waals surface area contributed by atoms with Crippen molar-refractivity contribution >= 4 is 50.0 Å². The van der Waals surface area contributed by atoms with E-state index in [1.54, 1.807) is 29.7 Å². The predicted molar refractivity (Wildman–Crippen MR) is 85.8 cm³/mol. The van der Waals surface area contributed by atoms with Crippen LogP contribution in [-0.4, -0.2) is 16.1 Å². The number of fused-ring (bicyclic) bond motifs is 1. The molecule has 0 saturated carbocycles. The third-order valence-electron chi connectivity index (χ3n) is 2.73. The molecule has 0 aliphatic carbocycles. The quantitative estimate of drug-likeness (QED) is 0.666. The number of halogens is 1. The van der Waals surface area contributed by atoms with E-state index >= 15 is 0 Å². The summed E-state index contributed by atoms with van der Waals surface area (Å²) in [6.45, 7) is 0. The van der Waals surface area contributed by atoms with Gasteiger partial charge in [0, 0.05) is 10.9 Å². The van der Waals surface area contributed by atoms with Gasteiger partial charge in [-0.1, -0.05) is 0 Å². The van der Waals surface area contributed by atoms with Crippen molar-refractivity contribution in [3.63, 3.8) is 0 Å². The third kappa shape index (κ3) is 2.48.